The number of ether oxygens (including phenoxy) is 1. The Morgan fingerprint density at radius 1 is 1.26 bits per heavy atom. The highest BCUT2D eigenvalue weighted by Gasteiger charge is 2.22. The molecular formula is C17H20FN3O2. The van der Waals surface area contributed by atoms with Gasteiger partial charge in [0.05, 0.1) is 19.0 Å². The number of anilines is 1. The number of benzene rings is 1. The van der Waals surface area contributed by atoms with E-state index >= 15 is 0 Å². The molecule has 6 heteroatoms. The molecule has 2 aromatic rings. The summed E-state index contributed by atoms with van der Waals surface area (Å²) in [5, 5.41) is 0. The van der Waals surface area contributed by atoms with Crippen molar-refractivity contribution in [2.24, 2.45) is 13.0 Å². The van der Waals surface area contributed by atoms with E-state index in [-0.39, 0.29) is 11.4 Å². The van der Waals surface area contributed by atoms with Gasteiger partial charge in [0.25, 0.3) is 5.56 Å². The lowest BCUT2D eigenvalue weighted by atomic mass is 9.98. The van der Waals surface area contributed by atoms with Gasteiger partial charge in [0.1, 0.15) is 5.82 Å². The summed E-state index contributed by atoms with van der Waals surface area (Å²) >= 11 is 0. The van der Waals surface area contributed by atoms with Crippen LogP contribution in [0.5, 0.6) is 5.75 Å². The summed E-state index contributed by atoms with van der Waals surface area (Å²) in [5.74, 6) is 1.21. The maximum atomic E-state index is 13.5. The summed E-state index contributed by atoms with van der Waals surface area (Å²) < 4.78 is 20.8. The minimum Gasteiger partial charge on any atom is -0.490 e. The van der Waals surface area contributed by atoms with E-state index < -0.39 is 0 Å². The molecule has 0 saturated carbocycles. The quantitative estimate of drug-likeness (QED) is 0.867. The maximum absolute atomic E-state index is 13.5. The monoisotopic (exact) mass is 317 g/mol. The van der Waals surface area contributed by atoms with Gasteiger partial charge in [0, 0.05) is 20.1 Å². The second-order valence-corrected chi connectivity index (χ2v) is 5.83. The Morgan fingerprint density at radius 2 is 2.00 bits per heavy atom. The first-order valence-electron chi connectivity index (χ1n) is 7.78. The number of hydrogen-bond donors (Lipinski definition) is 0. The molecule has 23 heavy (non-hydrogen) atoms. The molecule has 0 aliphatic carbocycles. The lowest BCUT2D eigenvalue weighted by molar-refractivity contribution is 0.215. The van der Waals surface area contributed by atoms with Crippen molar-refractivity contribution >= 4 is 5.82 Å². The van der Waals surface area contributed by atoms with Crippen molar-refractivity contribution in [1.29, 1.82) is 0 Å². The van der Waals surface area contributed by atoms with Gasteiger partial charge >= 0.3 is 0 Å². The minimum atomic E-state index is -0.324. The maximum Gasteiger partial charge on any atom is 0.270 e. The van der Waals surface area contributed by atoms with Crippen LogP contribution in [0.1, 0.15) is 12.8 Å². The first kappa shape index (κ1) is 15.5. The molecule has 122 valence electrons. The fraction of sp³-hybridized carbons (Fsp3) is 0.412. The van der Waals surface area contributed by atoms with Crippen LogP contribution in [0.2, 0.25) is 0 Å². The van der Waals surface area contributed by atoms with Crippen LogP contribution in [0.25, 0.3) is 0 Å². The molecule has 5 nitrogen and oxygen atoms in total. The number of hydrogen-bond acceptors (Lipinski definition) is 4. The third-order valence-corrected chi connectivity index (χ3v) is 4.30. The highest BCUT2D eigenvalue weighted by Crippen LogP contribution is 2.23. The fourth-order valence-corrected chi connectivity index (χ4v) is 2.85. The predicted molar refractivity (Wildman–Crippen MR) is 86.3 cm³/mol. The lowest BCUT2D eigenvalue weighted by Gasteiger charge is -2.33. The Hall–Kier alpha value is -2.37. The summed E-state index contributed by atoms with van der Waals surface area (Å²) in [6.45, 7) is 2.19. The molecule has 0 bridgehead atoms. The van der Waals surface area contributed by atoms with Gasteiger partial charge in [-0.05, 0) is 30.9 Å². The molecule has 1 aromatic heterocycles. The summed E-state index contributed by atoms with van der Waals surface area (Å²) in [6.07, 6.45) is 4.92. The van der Waals surface area contributed by atoms with E-state index in [9.17, 15) is 9.18 Å². The summed E-state index contributed by atoms with van der Waals surface area (Å²) in [5.41, 5.74) is -0.104. The number of aromatic nitrogens is 2. The van der Waals surface area contributed by atoms with Crippen LogP contribution < -0.4 is 15.2 Å². The summed E-state index contributed by atoms with van der Waals surface area (Å²) in [6, 6.07) is 6.47. The zero-order valence-corrected chi connectivity index (χ0v) is 13.1. The summed E-state index contributed by atoms with van der Waals surface area (Å²) in [7, 11) is 1.76. The molecule has 0 radical (unpaired) electrons. The van der Waals surface area contributed by atoms with Crippen molar-refractivity contribution in [3.8, 4) is 5.75 Å². The van der Waals surface area contributed by atoms with Crippen molar-refractivity contribution in [2.75, 3.05) is 24.6 Å². The SMILES string of the molecule is Cn1c(N2CCC(COc3ccccc3F)CC2)cncc1=O. The highest BCUT2D eigenvalue weighted by atomic mass is 19.1. The van der Waals surface area contributed by atoms with Gasteiger partial charge in [-0.3, -0.25) is 14.3 Å². The average molecular weight is 317 g/mol. The van der Waals surface area contributed by atoms with E-state index in [1.807, 2.05) is 0 Å². The van der Waals surface area contributed by atoms with E-state index in [4.69, 9.17) is 4.74 Å². The van der Waals surface area contributed by atoms with Crippen LogP contribution >= 0.6 is 0 Å². The second-order valence-electron chi connectivity index (χ2n) is 5.83. The number of halogens is 1. The van der Waals surface area contributed by atoms with Crippen molar-refractivity contribution in [1.82, 2.24) is 9.55 Å². The lowest BCUT2D eigenvalue weighted by Crippen LogP contribution is -2.38. The zero-order valence-electron chi connectivity index (χ0n) is 13.1. The fourth-order valence-electron chi connectivity index (χ4n) is 2.85. The summed E-state index contributed by atoms with van der Waals surface area (Å²) in [4.78, 5) is 17.8. The number of para-hydroxylation sites is 1. The van der Waals surface area contributed by atoms with Gasteiger partial charge in [0.2, 0.25) is 0 Å². The van der Waals surface area contributed by atoms with Crippen LogP contribution in [-0.2, 0) is 7.05 Å². The molecule has 0 N–H and O–H groups in total. The van der Waals surface area contributed by atoms with E-state index in [2.05, 4.69) is 9.88 Å². The smallest absolute Gasteiger partial charge is 0.270 e. The second kappa shape index (κ2) is 6.81. The van der Waals surface area contributed by atoms with E-state index in [0.29, 0.717) is 18.3 Å². The van der Waals surface area contributed by atoms with Crippen molar-refractivity contribution in [3.63, 3.8) is 0 Å². The van der Waals surface area contributed by atoms with Crippen molar-refractivity contribution in [3.05, 3.63) is 52.8 Å². The third-order valence-electron chi connectivity index (χ3n) is 4.30. The molecule has 0 spiro atoms. The Kier molecular flexibility index (Phi) is 4.60. The number of nitrogens with zero attached hydrogens (tertiary/aromatic N) is 3. The predicted octanol–water partition coefficient (Wildman–Crippen LogP) is 2.21. The van der Waals surface area contributed by atoms with E-state index in [1.165, 1.54) is 12.3 Å². The standard InChI is InChI=1S/C17H20FN3O2/c1-20-16(10-19-11-17(20)22)21-8-6-13(7-9-21)12-23-15-5-3-2-4-14(15)18/h2-5,10-11,13H,6-9,12H2,1H3. The molecule has 1 saturated heterocycles. The van der Waals surface area contributed by atoms with Gasteiger partial charge in [-0.2, -0.15) is 0 Å². The molecule has 2 heterocycles. The first-order chi connectivity index (χ1) is 11.1. The van der Waals surface area contributed by atoms with Gasteiger partial charge in [-0.25, -0.2) is 4.39 Å². The first-order valence-corrected chi connectivity index (χ1v) is 7.78. The normalized spacial score (nSPS) is 15.7. The van der Waals surface area contributed by atoms with E-state index in [0.717, 1.165) is 31.7 Å². The van der Waals surface area contributed by atoms with Crippen LogP contribution in [0.4, 0.5) is 10.2 Å². The van der Waals surface area contributed by atoms with Crippen molar-refractivity contribution < 1.29 is 9.13 Å². The van der Waals surface area contributed by atoms with Gasteiger partial charge in [-0.1, -0.05) is 12.1 Å². The van der Waals surface area contributed by atoms with Crippen LogP contribution in [-0.4, -0.2) is 29.2 Å². The van der Waals surface area contributed by atoms with Gasteiger partial charge in [-0.15, -0.1) is 0 Å². The van der Waals surface area contributed by atoms with Crippen molar-refractivity contribution in [2.45, 2.75) is 12.8 Å². The molecule has 3 rings (SSSR count). The molecular weight excluding hydrogens is 297 g/mol. The molecule has 1 fully saturated rings. The highest BCUT2D eigenvalue weighted by molar-refractivity contribution is 5.37. The topological polar surface area (TPSA) is 47.4 Å². The molecule has 0 atom stereocenters. The third kappa shape index (κ3) is 3.52. The van der Waals surface area contributed by atoms with Gasteiger partial charge < -0.3 is 9.64 Å². The molecule has 1 aromatic carbocycles. The molecule has 0 unspecified atom stereocenters. The number of rotatable bonds is 4. The van der Waals surface area contributed by atoms with Crippen LogP contribution in [0.3, 0.4) is 0 Å². The average Bonchev–Trinajstić information content (AvgIpc) is 2.57. The Balaban J connectivity index is 1.55. The van der Waals surface area contributed by atoms with Crippen LogP contribution in [0, 0.1) is 11.7 Å². The Labute approximate surface area is 134 Å². The molecule has 0 amide bonds. The number of piperidine rings is 1. The van der Waals surface area contributed by atoms with Gasteiger partial charge in [0.15, 0.2) is 11.6 Å². The Morgan fingerprint density at radius 3 is 2.74 bits per heavy atom. The van der Waals surface area contributed by atoms with E-state index in [1.54, 1.807) is 36.0 Å². The van der Waals surface area contributed by atoms with Crippen LogP contribution in [0.15, 0.2) is 41.5 Å². The minimum absolute atomic E-state index is 0.104. The Bertz CT molecular complexity index is 724. The molecule has 1 aliphatic heterocycles. The molecule has 1 aliphatic rings. The largest absolute Gasteiger partial charge is 0.490 e. The zero-order chi connectivity index (χ0) is 16.2.